The minimum Gasteiger partial charge on any atom is -0.384 e. The molecule has 6 nitrogen and oxygen atoms in total. The third-order valence-corrected chi connectivity index (χ3v) is 4.91. The van der Waals surface area contributed by atoms with Gasteiger partial charge < -0.3 is 14.4 Å². The summed E-state index contributed by atoms with van der Waals surface area (Å²) in [5.41, 5.74) is 4.36. The molecule has 0 bridgehead atoms. The quantitative estimate of drug-likeness (QED) is 0.797. The fraction of sp³-hybridized carbons (Fsp3) is 0.500. The second-order valence-electron chi connectivity index (χ2n) is 6.65. The lowest BCUT2D eigenvalue weighted by atomic mass is 10.0. The fourth-order valence-corrected chi connectivity index (χ4v) is 3.58. The van der Waals surface area contributed by atoms with Crippen LogP contribution in [0.3, 0.4) is 0 Å². The summed E-state index contributed by atoms with van der Waals surface area (Å²) in [5.74, 6) is 0.106. The van der Waals surface area contributed by atoms with Crippen molar-refractivity contribution in [1.82, 2.24) is 14.7 Å². The molecule has 1 atom stereocenters. The smallest absolute Gasteiger partial charge is 0.225 e. The molecule has 1 saturated heterocycles. The highest BCUT2D eigenvalue weighted by Gasteiger charge is 2.32. The summed E-state index contributed by atoms with van der Waals surface area (Å²) in [4.78, 5) is 14.5. The maximum Gasteiger partial charge on any atom is 0.225 e. The molecular weight excluding hydrogens is 330 g/mol. The van der Waals surface area contributed by atoms with Crippen LogP contribution in [0.25, 0.3) is 0 Å². The largest absolute Gasteiger partial charge is 0.384 e. The molecule has 2 aromatic rings. The van der Waals surface area contributed by atoms with E-state index in [9.17, 15) is 4.79 Å². The van der Waals surface area contributed by atoms with Crippen LogP contribution in [0, 0.1) is 13.8 Å². The Kier molecular flexibility index (Phi) is 6.06. The van der Waals surface area contributed by atoms with Gasteiger partial charge in [0.2, 0.25) is 5.91 Å². The Balaban J connectivity index is 1.85. The summed E-state index contributed by atoms with van der Waals surface area (Å²) in [6, 6.07) is 10.2. The summed E-state index contributed by atoms with van der Waals surface area (Å²) in [5, 5.41) is 4.74. The average Bonchev–Trinajstić information content (AvgIpc) is 2.94. The van der Waals surface area contributed by atoms with Gasteiger partial charge in [0, 0.05) is 24.9 Å². The number of benzene rings is 1. The molecule has 1 fully saturated rings. The summed E-state index contributed by atoms with van der Waals surface area (Å²) in [7, 11) is 1.62. The second-order valence-corrected chi connectivity index (χ2v) is 6.65. The van der Waals surface area contributed by atoms with Gasteiger partial charge in [0.1, 0.15) is 0 Å². The number of morpholine rings is 1. The molecule has 1 amide bonds. The zero-order chi connectivity index (χ0) is 18.5. The predicted octanol–water partition coefficient (Wildman–Crippen LogP) is 2.48. The Morgan fingerprint density at radius 3 is 2.81 bits per heavy atom. The van der Waals surface area contributed by atoms with E-state index in [0.717, 1.165) is 23.5 Å². The fourth-order valence-electron chi connectivity index (χ4n) is 3.58. The van der Waals surface area contributed by atoms with Gasteiger partial charge in [-0.25, -0.2) is 0 Å². The van der Waals surface area contributed by atoms with E-state index in [1.807, 2.05) is 34.7 Å². The molecule has 0 aliphatic carbocycles. The lowest BCUT2D eigenvalue weighted by Crippen LogP contribution is -2.44. The Labute approximate surface area is 154 Å². The van der Waals surface area contributed by atoms with E-state index in [-0.39, 0.29) is 11.9 Å². The molecule has 3 rings (SSSR count). The van der Waals surface area contributed by atoms with Crippen LogP contribution in [0.1, 0.15) is 35.0 Å². The first-order chi connectivity index (χ1) is 12.6. The highest BCUT2D eigenvalue weighted by Crippen LogP contribution is 2.30. The molecular formula is C20H27N3O3. The summed E-state index contributed by atoms with van der Waals surface area (Å²) < 4.78 is 12.8. The molecule has 0 unspecified atom stereocenters. The van der Waals surface area contributed by atoms with Crippen molar-refractivity contribution in [3.8, 4) is 0 Å². The van der Waals surface area contributed by atoms with E-state index in [2.05, 4.69) is 19.1 Å². The van der Waals surface area contributed by atoms with Crippen LogP contribution < -0.4 is 0 Å². The van der Waals surface area contributed by atoms with Crippen LogP contribution in [0.2, 0.25) is 0 Å². The standard InChI is InChI=1S/C20H27N3O3/c1-15-20(16(2)23(21-15)13-17-7-5-4-6-8-17)18-14-26-12-10-22(18)19(24)9-11-25-3/h4-8,18H,9-14H2,1-3H3/t18-/m0/s1. The van der Waals surface area contributed by atoms with Crippen molar-refractivity contribution < 1.29 is 14.3 Å². The number of carbonyl (C=O) groups is 1. The van der Waals surface area contributed by atoms with Crippen molar-refractivity contribution in [1.29, 1.82) is 0 Å². The Morgan fingerprint density at radius 2 is 2.08 bits per heavy atom. The number of ether oxygens (including phenoxy) is 2. The Morgan fingerprint density at radius 1 is 1.31 bits per heavy atom. The Hall–Kier alpha value is -2.18. The summed E-state index contributed by atoms with van der Waals surface area (Å²) >= 11 is 0. The minimum absolute atomic E-state index is 0.0855. The summed E-state index contributed by atoms with van der Waals surface area (Å²) in [6.07, 6.45) is 0.392. The number of methoxy groups -OCH3 is 1. The van der Waals surface area contributed by atoms with Crippen molar-refractivity contribution in [3.05, 3.63) is 52.8 Å². The van der Waals surface area contributed by atoms with E-state index < -0.39 is 0 Å². The molecule has 1 aliphatic rings. The number of aryl methyl sites for hydroxylation is 1. The number of carbonyl (C=O) groups excluding carboxylic acids is 1. The number of nitrogens with zero attached hydrogens (tertiary/aromatic N) is 3. The number of amides is 1. The van der Waals surface area contributed by atoms with Gasteiger partial charge in [-0.3, -0.25) is 9.48 Å². The van der Waals surface area contributed by atoms with E-state index in [4.69, 9.17) is 14.6 Å². The monoisotopic (exact) mass is 357 g/mol. The van der Waals surface area contributed by atoms with Gasteiger partial charge in [-0.2, -0.15) is 5.10 Å². The van der Waals surface area contributed by atoms with E-state index in [1.165, 1.54) is 5.56 Å². The molecule has 0 radical (unpaired) electrons. The lowest BCUT2D eigenvalue weighted by molar-refractivity contribution is -0.141. The lowest BCUT2D eigenvalue weighted by Gasteiger charge is -2.36. The van der Waals surface area contributed by atoms with Crippen molar-refractivity contribution >= 4 is 5.91 Å². The van der Waals surface area contributed by atoms with E-state index in [0.29, 0.717) is 32.8 Å². The topological polar surface area (TPSA) is 56.6 Å². The molecule has 0 spiro atoms. The molecule has 140 valence electrons. The number of aromatic nitrogens is 2. The van der Waals surface area contributed by atoms with Gasteiger partial charge in [0.05, 0.1) is 44.5 Å². The minimum atomic E-state index is -0.0855. The first kappa shape index (κ1) is 18.6. The second kappa shape index (κ2) is 8.47. The van der Waals surface area contributed by atoms with Gasteiger partial charge in [-0.05, 0) is 19.4 Å². The maximum absolute atomic E-state index is 12.6. The SMILES string of the molecule is COCCC(=O)N1CCOC[C@H]1c1c(C)nn(Cc2ccccc2)c1C. The average molecular weight is 357 g/mol. The van der Waals surface area contributed by atoms with Crippen LogP contribution in [0.15, 0.2) is 30.3 Å². The van der Waals surface area contributed by atoms with Crippen LogP contribution in [0.4, 0.5) is 0 Å². The van der Waals surface area contributed by atoms with E-state index in [1.54, 1.807) is 7.11 Å². The first-order valence-corrected chi connectivity index (χ1v) is 9.05. The third-order valence-electron chi connectivity index (χ3n) is 4.91. The van der Waals surface area contributed by atoms with Crippen molar-refractivity contribution in [2.75, 3.05) is 33.5 Å². The molecule has 1 aliphatic heterocycles. The molecule has 1 aromatic carbocycles. The molecule has 1 aromatic heterocycles. The van der Waals surface area contributed by atoms with Crippen LogP contribution in [-0.2, 0) is 20.8 Å². The number of hydrogen-bond acceptors (Lipinski definition) is 4. The van der Waals surface area contributed by atoms with Crippen molar-refractivity contribution in [2.45, 2.75) is 32.9 Å². The van der Waals surface area contributed by atoms with Crippen LogP contribution >= 0.6 is 0 Å². The van der Waals surface area contributed by atoms with Crippen LogP contribution in [0.5, 0.6) is 0 Å². The van der Waals surface area contributed by atoms with Crippen molar-refractivity contribution in [3.63, 3.8) is 0 Å². The molecule has 6 heteroatoms. The maximum atomic E-state index is 12.6. The van der Waals surface area contributed by atoms with Gasteiger partial charge in [0.15, 0.2) is 0 Å². The summed E-state index contributed by atoms with van der Waals surface area (Å²) in [6.45, 7) is 6.94. The molecule has 26 heavy (non-hydrogen) atoms. The zero-order valence-electron chi connectivity index (χ0n) is 15.8. The third kappa shape index (κ3) is 3.97. The molecule has 0 N–H and O–H groups in total. The van der Waals surface area contributed by atoms with Gasteiger partial charge in [-0.15, -0.1) is 0 Å². The van der Waals surface area contributed by atoms with Gasteiger partial charge in [-0.1, -0.05) is 30.3 Å². The normalized spacial score (nSPS) is 17.5. The van der Waals surface area contributed by atoms with E-state index >= 15 is 0 Å². The number of hydrogen-bond donors (Lipinski definition) is 0. The molecule has 0 saturated carbocycles. The highest BCUT2D eigenvalue weighted by molar-refractivity contribution is 5.77. The zero-order valence-corrected chi connectivity index (χ0v) is 15.8. The molecule has 2 heterocycles. The van der Waals surface area contributed by atoms with Crippen molar-refractivity contribution in [2.24, 2.45) is 0 Å². The first-order valence-electron chi connectivity index (χ1n) is 9.05. The highest BCUT2D eigenvalue weighted by atomic mass is 16.5. The van der Waals surface area contributed by atoms with Gasteiger partial charge in [0.25, 0.3) is 0 Å². The predicted molar refractivity (Wildman–Crippen MR) is 99.0 cm³/mol. The Bertz CT molecular complexity index is 742. The number of rotatable bonds is 6. The van der Waals surface area contributed by atoms with Gasteiger partial charge >= 0.3 is 0 Å². The van der Waals surface area contributed by atoms with Crippen LogP contribution in [-0.4, -0.2) is 54.1 Å².